The van der Waals surface area contributed by atoms with Gasteiger partial charge >= 0.3 is 0 Å². The summed E-state index contributed by atoms with van der Waals surface area (Å²) in [5.74, 6) is 2.85. The van der Waals surface area contributed by atoms with Crippen molar-refractivity contribution in [2.24, 2.45) is 5.16 Å². The number of hydrogen-bond acceptors (Lipinski definition) is 7. The highest BCUT2D eigenvalue weighted by molar-refractivity contribution is 6.31. The van der Waals surface area contributed by atoms with Crippen molar-refractivity contribution in [3.8, 4) is 28.7 Å². The average molecular weight is 380 g/mol. The molecule has 2 aromatic rings. The second-order valence-electron chi connectivity index (χ2n) is 5.26. The lowest BCUT2D eigenvalue weighted by Gasteiger charge is -2.12. The number of methoxy groups -OCH3 is 3. The van der Waals surface area contributed by atoms with Crippen molar-refractivity contribution >= 4 is 17.8 Å². The normalized spacial score (nSPS) is 12.3. The quantitative estimate of drug-likeness (QED) is 0.540. The van der Waals surface area contributed by atoms with Crippen molar-refractivity contribution in [3.05, 3.63) is 40.4 Å². The summed E-state index contributed by atoms with van der Waals surface area (Å²) in [6.45, 7) is 0.381. The maximum absolute atomic E-state index is 6.20. The van der Waals surface area contributed by atoms with E-state index >= 15 is 0 Å². The molecule has 2 aromatic carbocycles. The van der Waals surface area contributed by atoms with Crippen LogP contribution in [-0.4, -0.2) is 34.3 Å². The van der Waals surface area contributed by atoms with Crippen LogP contribution in [0.2, 0.25) is 5.02 Å². The van der Waals surface area contributed by atoms with Gasteiger partial charge in [0.15, 0.2) is 23.0 Å². The summed E-state index contributed by atoms with van der Waals surface area (Å²) < 4.78 is 26.5. The van der Waals surface area contributed by atoms with Crippen molar-refractivity contribution in [1.29, 1.82) is 0 Å². The molecule has 0 saturated carbocycles. The highest BCUT2D eigenvalue weighted by Crippen LogP contribution is 2.38. The van der Waals surface area contributed by atoms with Gasteiger partial charge in [-0.2, -0.15) is 0 Å². The highest BCUT2D eigenvalue weighted by Gasteiger charge is 2.16. The molecule has 0 fully saturated rings. The monoisotopic (exact) mass is 379 g/mol. The maximum atomic E-state index is 6.20. The Hall–Kier alpha value is -2.80. The minimum absolute atomic E-state index is 0.190. The molecule has 0 atom stereocenters. The van der Waals surface area contributed by atoms with Crippen LogP contribution in [0, 0.1) is 0 Å². The number of benzene rings is 2. The third-order valence-corrected chi connectivity index (χ3v) is 4.08. The molecule has 0 unspecified atom stereocenters. The van der Waals surface area contributed by atoms with Crippen molar-refractivity contribution in [2.45, 2.75) is 6.61 Å². The van der Waals surface area contributed by atoms with Gasteiger partial charge in [-0.25, -0.2) is 0 Å². The van der Waals surface area contributed by atoms with Gasteiger partial charge in [-0.05, 0) is 18.2 Å². The summed E-state index contributed by atoms with van der Waals surface area (Å²) in [4.78, 5) is 5.34. The zero-order valence-corrected chi connectivity index (χ0v) is 15.3. The Morgan fingerprint density at radius 3 is 2.27 bits per heavy atom. The molecule has 8 heteroatoms. The van der Waals surface area contributed by atoms with E-state index in [9.17, 15) is 0 Å². The third-order valence-electron chi connectivity index (χ3n) is 3.73. The molecule has 0 saturated heterocycles. The van der Waals surface area contributed by atoms with Gasteiger partial charge in [0.1, 0.15) is 6.61 Å². The van der Waals surface area contributed by atoms with E-state index in [1.165, 1.54) is 0 Å². The molecule has 0 N–H and O–H groups in total. The molecule has 0 bridgehead atoms. The first-order valence-corrected chi connectivity index (χ1v) is 8.07. The number of ether oxygens (including phenoxy) is 5. The molecule has 26 heavy (non-hydrogen) atoms. The van der Waals surface area contributed by atoms with Gasteiger partial charge in [0.2, 0.25) is 12.5 Å². The predicted molar refractivity (Wildman–Crippen MR) is 96.1 cm³/mol. The first-order chi connectivity index (χ1) is 12.7. The van der Waals surface area contributed by atoms with Crippen molar-refractivity contribution in [2.75, 3.05) is 28.1 Å². The Bertz CT molecular complexity index is 799. The maximum Gasteiger partial charge on any atom is 0.231 e. The SMILES string of the molecule is COc1cc(C=NOCc2cc3c(cc2Cl)OCO3)cc(OC)c1OC. The fourth-order valence-electron chi connectivity index (χ4n) is 2.45. The average Bonchev–Trinajstić information content (AvgIpc) is 3.11. The Labute approximate surface area is 156 Å². The molecular weight excluding hydrogens is 362 g/mol. The largest absolute Gasteiger partial charge is 0.493 e. The Morgan fingerprint density at radius 1 is 1.00 bits per heavy atom. The van der Waals surface area contributed by atoms with E-state index < -0.39 is 0 Å². The zero-order valence-electron chi connectivity index (χ0n) is 14.6. The van der Waals surface area contributed by atoms with E-state index in [1.807, 2.05) is 0 Å². The van der Waals surface area contributed by atoms with Gasteiger partial charge in [-0.1, -0.05) is 16.8 Å². The molecule has 0 amide bonds. The Kier molecular flexibility index (Phi) is 5.58. The fraction of sp³-hybridized carbons (Fsp3) is 0.278. The molecule has 0 spiro atoms. The lowest BCUT2D eigenvalue weighted by Crippen LogP contribution is -1.97. The molecule has 7 nitrogen and oxygen atoms in total. The first-order valence-electron chi connectivity index (χ1n) is 7.69. The van der Waals surface area contributed by atoms with E-state index in [0.29, 0.717) is 33.8 Å². The lowest BCUT2D eigenvalue weighted by molar-refractivity contribution is 0.132. The lowest BCUT2D eigenvalue weighted by atomic mass is 10.2. The van der Waals surface area contributed by atoms with Crippen LogP contribution in [0.4, 0.5) is 0 Å². The Morgan fingerprint density at radius 2 is 1.65 bits per heavy atom. The zero-order chi connectivity index (χ0) is 18.5. The molecule has 0 aliphatic carbocycles. The van der Waals surface area contributed by atoms with Crippen LogP contribution in [0.5, 0.6) is 28.7 Å². The standard InChI is InChI=1S/C18H18ClNO6/c1-21-16-4-11(5-17(22-2)18(16)23-3)8-20-26-9-12-6-14-15(7-13(12)19)25-10-24-14/h4-8H,9-10H2,1-3H3. The second kappa shape index (κ2) is 8.05. The van der Waals surface area contributed by atoms with E-state index in [0.717, 1.165) is 11.1 Å². The number of oxime groups is 1. The second-order valence-corrected chi connectivity index (χ2v) is 5.67. The van der Waals surface area contributed by atoms with Crippen LogP contribution in [0.15, 0.2) is 29.4 Å². The molecule has 1 aliphatic heterocycles. The summed E-state index contributed by atoms with van der Waals surface area (Å²) in [6, 6.07) is 7.01. The molecule has 0 aromatic heterocycles. The van der Waals surface area contributed by atoms with Gasteiger partial charge in [-0.3, -0.25) is 0 Å². The van der Waals surface area contributed by atoms with E-state index in [2.05, 4.69) is 5.16 Å². The first kappa shape index (κ1) is 18.0. The summed E-state index contributed by atoms with van der Waals surface area (Å²) in [6.07, 6.45) is 1.55. The van der Waals surface area contributed by atoms with Crippen molar-refractivity contribution in [1.82, 2.24) is 0 Å². The van der Waals surface area contributed by atoms with Gasteiger partial charge < -0.3 is 28.5 Å². The van der Waals surface area contributed by atoms with Gasteiger partial charge in [0.05, 0.1) is 32.6 Å². The van der Waals surface area contributed by atoms with E-state index in [4.69, 9.17) is 40.1 Å². The number of fused-ring (bicyclic) bond motifs is 1. The number of nitrogens with zero attached hydrogens (tertiary/aromatic N) is 1. The van der Waals surface area contributed by atoms with Crippen LogP contribution in [0.1, 0.15) is 11.1 Å². The topological polar surface area (TPSA) is 67.7 Å². The molecule has 3 rings (SSSR count). The van der Waals surface area contributed by atoms with E-state index in [1.54, 1.807) is 51.8 Å². The van der Waals surface area contributed by atoms with Gasteiger partial charge in [0, 0.05) is 17.2 Å². The van der Waals surface area contributed by atoms with Crippen LogP contribution in [0.25, 0.3) is 0 Å². The number of hydrogen-bond donors (Lipinski definition) is 0. The third kappa shape index (κ3) is 3.72. The highest BCUT2D eigenvalue weighted by atomic mass is 35.5. The predicted octanol–water partition coefficient (Wildman–Crippen LogP) is 3.65. The molecular formula is C18H18ClNO6. The summed E-state index contributed by atoms with van der Waals surface area (Å²) in [5.41, 5.74) is 1.48. The summed E-state index contributed by atoms with van der Waals surface area (Å²) in [5, 5.41) is 4.50. The molecule has 0 radical (unpaired) electrons. The van der Waals surface area contributed by atoms with E-state index in [-0.39, 0.29) is 13.4 Å². The van der Waals surface area contributed by atoms with Crippen LogP contribution < -0.4 is 23.7 Å². The van der Waals surface area contributed by atoms with Crippen molar-refractivity contribution < 1.29 is 28.5 Å². The summed E-state index contributed by atoms with van der Waals surface area (Å²) in [7, 11) is 4.65. The van der Waals surface area contributed by atoms with Gasteiger partial charge in [-0.15, -0.1) is 0 Å². The minimum Gasteiger partial charge on any atom is -0.493 e. The van der Waals surface area contributed by atoms with Crippen molar-refractivity contribution in [3.63, 3.8) is 0 Å². The molecule has 1 heterocycles. The van der Waals surface area contributed by atoms with Crippen LogP contribution in [-0.2, 0) is 11.4 Å². The minimum atomic E-state index is 0.190. The summed E-state index contributed by atoms with van der Waals surface area (Å²) >= 11 is 6.20. The molecule has 1 aliphatic rings. The smallest absolute Gasteiger partial charge is 0.231 e. The molecule has 138 valence electrons. The van der Waals surface area contributed by atoms with Gasteiger partial charge in [0.25, 0.3) is 0 Å². The fourth-order valence-corrected chi connectivity index (χ4v) is 2.66. The van der Waals surface area contributed by atoms with Crippen LogP contribution in [0.3, 0.4) is 0 Å². The number of halogens is 1. The van der Waals surface area contributed by atoms with Crippen LogP contribution >= 0.6 is 11.6 Å². The Balaban J connectivity index is 1.69. The number of rotatable bonds is 7.